The van der Waals surface area contributed by atoms with Crippen molar-refractivity contribution >= 4 is 39.9 Å². The summed E-state index contributed by atoms with van der Waals surface area (Å²) in [5, 5.41) is 14.2. The van der Waals surface area contributed by atoms with Crippen molar-refractivity contribution in [3.05, 3.63) is 66.2 Å². The zero-order valence-corrected chi connectivity index (χ0v) is 33.2. The van der Waals surface area contributed by atoms with Crippen LogP contribution in [0.4, 0.5) is 13.6 Å². The molecule has 304 valence electrons. The summed E-state index contributed by atoms with van der Waals surface area (Å²) in [6.07, 6.45) is 0.264. The van der Waals surface area contributed by atoms with Gasteiger partial charge in [0, 0.05) is 30.5 Å². The maximum atomic E-state index is 14.7. The number of halogens is 2. The Morgan fingerprint density at radius 3 is 2.30 bits per heavy atom. The summed E-state index contributed by atoms with van der Waals surface area (Å²) < 4.78 is 61.6. The molecule has 1 saturated heterocycles. The Bertz CT molecular complexity index is 2220. The van der Waals surface area contributed by atoms with Gasteiger partial charge in [0.15, 0.2) is 0 Å². The quantitative estimate of drug-likeness (QED) is 0.301. The molecule has 4 aliphatic rings. The molecule has 0 radical (unpaired) electrons. The van der Waals surface area contributed by atoms with Crippen LogP contribution in [0, 0.1) is 11.3 Å². The van der Waals surface area contributed by atoms with E-state index in [1.165, 1.54) is 9.70 Å². The van der Waals surface area contributed by atoms with Gasteiger partial charge in [0.1, 0.15) is 34.6 Å². The van der Waals surface area contributed by atoms with Crippen LogP contribution in [-0.2, 0) is 29.1 Å². The van der Waals surface area contributed by atoms with Gasteiger partial charge in [0.05, 0.1) is 17.2 Å². The molecular formula is C40H47F2N7O7S. The molecule has 3 fully saturated rings. The van der Waals surface area contributed by atoms with E-state index in [0.717, 1.165) is 16.7 Å². The fourth-order valence-corrected chi connectivity index (χ4v) is 8.87. The Hall–Kier alpha value is -5.19. The molecule has 5 atom stereocenters. The summed E-state index contributed by atoms with van der Waals surface area (Å²) in [5.41, 5.74) is -0.692. The Morgan fingerprint density at radius 2 is 1.67 bits per heavy atom. The van der Waals surface area contributed by atoms with Crippen LogP contribution >= 0.6 is 0 Å². The van der Waals surface area contributed by atoms with Gasteiger partial charge in [0.25, 0.3) is 5.91 Å². The lowest BCUT2D eigenvalue weighted by atomic mass is 9.85. The molecule has 1 aromatic heterocycles. The van der Waals surface area contributed by atoms with Gasteiger partial charge in [-0.1, -0.05) is 81.5 Å². The summed E-state index contributed by atoms with van der Waals surface area (Å²) >= 11 is 0. The van der Waals surface area contributed by atoms with Crippen LogP contribution < -0.4 is 15.4 Å². The second-order valence-corrected chi connectivity index (χ2v) is 19.0. The number of nitrogens with zero attached hydrogens (tertiary/aromatic N) is 4. The zero-order chi connectivity index (χ0) is 41.1. The molecule has 3 heterocycles. The molecule has 0 spiro atoms. The average Bonchev–Trinajstić information content (AvgIpc) is 4.03. The monoisotopic (exact) mass is 807 g/mol. The maximum absolute atomic E-state index is 14.7. The van der Waals surface area contributed by atoms with Crippen molar-refractivity contribution in [3.63, 3.8) is 0 Å². The molecule has 2 aliphatic carbocycles. The fraction of sp³-hybridized carbons (Fsp3) is 0.500. The van der Waals surface area contributed by atoms with Crippen molar-refractivity contribution in [1.29, 1.82) is 0 Å². The predicted molar refractivity (Wildman–Crippen MR) is 206 cm³/mol. The molecule has 2 saturated carbocycles. The van der Waals surface area contributed by atoms with Crippen molar-refractivity contribution in [2.24, 2.45) is 11.3 Å². The lowest BCUT2D eigenvalue weighted by molar-refractivity contribution is -0.143. The molecule has 3 N–H and O–H groups in total. The third-order valence-corrected chi connectivity index (χ3v) is 12.8. The van der Waals surface area contributed by atoms with E-state index in [0.29, 0.717) is 30.7 Å². The van der Waals surface area contributed by atoms with Gasteiger partial charge in [-0.15, -0.1) is 0 Å². The first-order valence-corrected chi connectivity index (χ1v) is 20.6. The smallest absolute Gasteiger partial charge is 0.408 e. The van der Waals surface area contributed by atoms with E-state index < -0.39 is 92.5 Å². The van der Waals surface area contributed by atoms with Crippen molar-refractivity contribution in [2.45, 2.75) is 108 Å². The summed E-state index contributed by atoms with van der Waals surface area (Å²) in [6, 6.07) is 13.7. The minimum absolute atomic E-state index is 0.103. The topological polar surface area (TPSA) is 182 Å². The van der Waals surface area contributed by atoms with Crippen LogP contribution in [0.25, 0.3) is 28.6 Å². The SMILES string of the molecule is CC1(C)C/C=C/c2cccc(c2)-c2nn(nc2-c2ccccc2)C2C[C@@H](C(=O)N[C@@]3(C(=O)NS(=O)(=O)C4CC4)C[C@H]3C(F)F)N(C2)C(=O)[C@H](C(C)(C)C)NC(=O)O1. The number of ether oxygens (including phenoxy) is 1. The normalized spacial score (nSPS) is 26.8. The number of alkyl carbamates (subject to hydrolysis) is 1. The first kappa shape index (κ1) is 40.0. The van der Waals surface area contributed by atoms with E-state index in [1.807, 2.05) is 71.5 Å². The predicted octanol–water partition coefficient (Wildman–Crippen LogP) is 4.84. The van der Waals surface area contributed by atoms with Crippen LogP contribution in [0.5, 0.6) is 0 Å². The molecule has 7 rings (SSSR count). The summed E-state index contributed by atoms with van der Waals surface area (Å²) in [7, 11) is -4.14. The van der Waals surface area contributed by atoms with E-state index >= 15 is 0 Å². The van der Waals surface area contributed by atoms with Gasteiger partial charge < -0.3 is 20.3 Å². The fourth-order valence-electron chi connectivity index (χ4n) is 7.51. The number of aromatic nitrogens is 3. The number of hydrogen-bond donors (Lipinski definition) is 3. The first-order valence-electron chi connectivity index (χ1n) is 19.0. The average molecular weight is 808 g/mol. The third kappa shape index (κ3) is 8.29. The molecule has 2 aliphatic heterocycles. The molecule has 3 aromatic rings. The molecular weight excluding hydrogens is 761 g/mol. The minimum atomic E-state index is -4.14. The number of nitrogens with one attached hydrogen (secondary N) is 3. The summed E-state index contributed by atoms with van der Waals surface area (Å²) in [6.45, 7) is 8.54. The molecule has 1 unspecified atom stereocenters. The third-order valence-electron chi connectivity index (χ3n) is 11.0. The number of hydrogen-bond acceptors (Lipinski definition) is 9. The molecule has 57 heavy (non-hydrogen) atoms. The van der Waals surface area contributed by atoms with E-state index in [1.54, 1.807) is 34.6 Å². The summed E-state index contributed by atoms with van der Waals surface area (Å²) in [4.78, 5) is 58.7. The summed E-state index contributed by atoms with van der Waals surface area (Å²) in [5.74, 6) is -4.51. The van der Waals surface area contributed by atoms with E-state index in [9.17, 15) is 36.4 Å². The van der Waals surface area contributed by atoms with Crippen LogP contribution in [0.2, 0.25) is 0 Å². The van der Waals surface area contributed by atoms with Gasteiger partial charge in [-0.2, -0.15) is 15.0 Å². The standard InChI is InChI=1S/C40H47F2N7O7S/c1-38(2,3)32-35(51)48-22-26(20-29(48)34(50)44-40(21-28(40)33(41)42)36(52)47-57(54,55)27-16-17-27)49-45-30(24-13-7-6-8-14-24)31(46-49)25-15-9-11-23(19-25)12-10-18-39(4,5)56-37(53)43-32/h6-15,19,26-29,32-33H,16-18,20-22H2,1-5H3,(H,43,53)(H,44,50)(H,47,52)/b12-10+/t26?,28-,29-,32+,40-/m0/s1. The number of fused-ring (bicyclic) bond motifs is 8. The highest BCUT2D eigenvalue weighted by molar-refractivity contribution is 7.91. The number of cyclic esters (lactones) is 1. The first-order chi connectivity index (χ1) is 26.8. The highest BCUT2D eigenvalue weighted by atomic mass is 32.2. The highest BCUT2D eigenvalue weighted by Crippen LogP contribution is 2.49. The lowest BCUT2D eigenvalue weighted by Crippen LogP contribution is -2.60. The Morgan fingerprint density at radius 1 is 1.00 bits per heavy atom. The zero-order valence-electron chi connectivity index (χ0n) is 32.4. The largest absolute Gasteiger partial charge is 0.443 e. The molecule has 14 nitrogen and oxygen atoms in total. The number of carbonyl (C=O) groups is 4. The van der Waals surface area contributed by atoms with Crippen LogP contribution in [0.15, 0.2) is 60.7 Å². The Kier molecular flexibility index (Phi) is 10.3. The van der Waals surface area contributed by atoms with Crippen molar-refractivity contribution < 1.29 is 41.1 Å². The van der Waals surface area contributed by atoms with Gasteiger partial charge in [-0.3, -0.25) is 19.1 Å². The maximum Gasteiger partial charge on any atom is 0.408 e. The van der Waals surface area contributed by atoms with Crippen molar-refractivity contribution in [1.82, 2.24) is 35.2 Å². The van der Waals surface area contributed by atoms with Crippen molar-refractivity contribution in [3.8, 4) is 22.5 Å². The van der Waals surface area contributed by atoms with Crippen molar-refractivity contribution in [2.75, 3.05) is 6.54 Å². The van der Waals surface area contributed by atoms with Gasteiger partial charge in [0.2, 0.25) is 28.3 Å². The Balaban J connectivity index is 1.31. The second kappa shape index (κ2) is 14.6. The van der Waals surface area contributed by atoms with Crippen LogP contribution in [0.3, 0.4) is 0 Å². The minimum Gasteiger partial charge on any atom is -0.443 e. The lowest BCUT2D eigenvalue weighted by Gasteiger charge is -2.36. The van der Waals surface area contributed by atoms with E-state index in [4.69, 9.17) is 14.9 Å². The van der Waals surface area contributed by atoms with Gasteiger partial charge >= 0.3 is 6.09 Å². The van der Waals surface area contributed by atoms with Crippen LogP contribution in [0.1, 0.15) is 78.3 Å². The van der Waals surface area contributed by atoms with Gasteiger partial charge in [-0.05, 0) is 50.2 Å². The Labute approximate surface area is 329 Å². The van der Waals surface area contributed by atoms with E-state index in [-0.39, 0.29) is 13.0 Å². The van der Waals surface area contributed by atoms with E-state index in [2.05, 4.69) is 10.6 Å². The highest BCUT2D eigenvalue weighted by Gasteiger charge is 2.67. The number of benzene rings is 2. The van der Waals surface area contributed by atoms with Gasteiger partial charge in [-0.25, -0.2) is 22.0 Å². The molecule has 17 heteroatoms. The number of amides is 4. The number of sulfonamides is 1. The molecule has 4 amide bonds. The number of carbonyl (C=O) groups excluding carboxylic acids is 4. The molecule has 6 bridgehead atoms. The molecule has 2 aromatic carbocycles. The number of rotatable bonds is 7. The number of alkyl halides is 2. The van der Waals surface area contributed by atoms with Crippen LogP contribution in [-0.4, -0.2) is 93.6 Å². The second-order valence-electron chi connectivity index (χ2n) is 17.1.